The Balaban J connectivity index is 2.60. The van der Waals surface area contributed by atoms with Crippen LogP contribution >= 0.6 is 11.8 Å². The lowest BCUT2D eigenvalue weighted by Gasteiger charge is -2.38. The van der Waals surface area contributed by atoms with Gasteiger partial charge in [0.05, 0.1) is 6.54 Å². The van der Waals surface area contributed by atoms with Crippen molar-refractivity contribution in [2.24, 2.45) is 11.5 Å². The van der Waals surface area contributed by atoms with Gasteiger partial charge in [-0.15, -0.1) is 0 Å². The van der Waals surface area contributed by atoms with Crippen LogP contribution in [0.1, 0.15) is 6.92 Å². The average Bonchev–Trinajstić information content (AvgIpc) is 2.18. The minimum atomic E-state index is -0.865. The van der Waals surface area contributed by atoms with Crippen LogP contribution in [0.5, 0.6) is 0 Å². The molecule has 0 aliphatic carbocycles. The van der Waals surface area contributed by atoms with Crippen LogP contribution in [0.2, 0.25) is 0 Å². The molecule has 0 aromatic rings. The normalized spacial score (nSPS) is 23.9. The summed E-state index contributed by atoms with van der Waals surface area (Å²) >= 11 is 1.89. The molecule has 1 heterocycles. The Bertz CT molecular complexity index is 190. The lowest BCUT2D eigenvalue weighted by atomic mass is 10.1. The largest absolute Gasteiger partial charge is 0.324 e. The van der Waals surface area contributed by atoms with Gasteiger partial charge < -0.3 is 11.5 Å². The van der Waals surface area contributed by atoms with Crippen LogP contribution in [0.15, 0.2) is 0 Å². The SMILES string of the molecule is CC(N)(C(=O)CN)N1CCSCC1. The van der Waals surface area contributed by atoms with Crippen molar-refractivity contribution < 1.29 is 4.79 Å². The van der Waals surface area contributed by atoms with Crippen molar-refractivity contribution in [3.63, 3.8) is 0 Å². The second-order valence-corrected chi connectivity index (χ2v) is 4.60. The van der Waals surface area contributed by atoms with E-state index in [4.69, 9.17) is 11.5 Å². The summed E-state index contributed by atoms with van der Waals surface area (Å²) in [6.45, 7) is 3.53. The molecule has 1 rings (SSSR count). The van der Waals surface area contributed by atoms with E-state index in [2.05, 4.69) is 0 Å². The molecule has 4 nitrogen and oxygen atoms in total. The zero-order valence-corrected chi connectivity index (χ0v) is 8.77. The zero-order valence-electron chi connectivity index (χ0n) is 7.95. The van der Waals surface area contributed by atoms with E-state index in [-0.39, 0.29) is 12.3 Å². The number of thioether (sulfide) groups is 1. The van der Waals surface area contributed by atoms with E-state index >= 15 is 0 Å². The molecule has 76 valence electrons. The van der Waals surface area contributed by atoms with Crippen molar-refractivity contribution in [1.82, 2.24) is 4.90 Å². The quantitative estimate of drug-likeness (QED) is 0.631. The third kappa shape index (κ3) is 2.43. The number of rotatable bonds is 3. The Hall–Kier alpha value is -0.100. The average molecular weight is 203 g/mol. The highest BCUT2D eigenvalue weighted by Crippen LogP contribution is 2.16. The van der Waals surface area contributed by atoms with Gasteiger partial charge >= 0.3 is 0 Å². The molecule has 0 amide bonds. The van der Waals surface area contributed by atoms with Gasteiger partial charge in [0, 0.05) is 24.6 Å². The molecule has 5 heteroatoms. The van der Waals surface area contributed by atoms with E-state index in [9.17, 15) is 4.79 Å². The second kappa shape index (κ2) is 4.41. The van der Waals surface area contributed by atoms with E-state index in [1.165, 1.54) is 0 Å². The monoisotopic (exact) mass is 203 g/mol. The van der Waals surface area contributed by atoms with Crippen LogP contribution in [0, 0.1) is 0 Å². The van der Waals surface area contributed by atoms with Crippen LogP contribution in [0.4, 0.5) is 0 Å². The standard InChI is InChI=1S/C8H17N3OS/c1-8(10,7(12)6-9)11-2-4-13-5-3-11/h2-6,9-10H2,1H3. The first-order chi connectivity index (χ1) is 6.09. The third-order valence-corrected chi connectivity index (χ3v) is 3.36. The Kier molecular flexibility index (Phi) is 3.73. The first-order valence-electron chi connectivity index (χ1n) is 4.44. The van der Waals surface area contributed by atoms with Crippen molar-refractivity contribution in [3.05, 3.63) is 0 Å². The van der Waals surface area contributed by atoms with Crippen molar-refractivity contribution in [3.8, 4) is 0 Å². The molecule has 1 aliphatic heterocycles. The lowest BCUT2D eigenvalue weighted by Crippen LogP contribution is -2.62. The number of Topliss-reactive ketones (excluding diaryl/α,β-unsaturated/α-hetero) is 1. The summed E-state index contributed by atoms with van der Waals surface area (Å²) in [6, 6.07) is 0. The molecule has 1 unspecified atom stereocenters. The fraction of sp³-hybridized carbons (Fsp3) is 0.875. The summed E-state index contributed by atoms with van der Waals surface area (Å²) in [5, 5.41) is 0. The molecule has 1 saturated heterocycles. The van der Waals surface area contributed by atoms with Gasteiger partial charge in [-0.2, -0.15) is 11.8 Å². The first-order valence-corrected chi connectivity index (χ1v) is 5.59. The fourth-order valence-electron chi connectivity index (χ4n) is 1.41. The maximum Gasteiger partial charge on any atom is 0.180 e. The van der Waals surface area contributed by atoms with Crippen molar-refractivity contribution >= 4 is 17.5 Å². The molecule has 0 saturated carbocycles. The molecule has 0 aromatic carbocycles. The van der Waals surface area contributed by atoms with Crippen molar-refractivity contribution in [2.45, 2.75) is 12.6 Å². The second-order valence-electron chi connectivity index (χ2n) is 3.37. The topological polar surface area (TPSA) is 72.3 Å². The van der Waals surface area contributed by atoms with Gasteiger partial charge in [-0.1, -0.05) is 0 Å². The number of nitrogens with zero attached hydrogens (tertiary/aromatic N) is 1. The highest BCUT2D eigenvalue weighted by atomic mass is 32.2. The lowest BCUT2D eigenvalue weighted by molar-refractivity contribution is -0.128. The number of ketones is 1. The Labute approximate surface area is 83.0 Å². The fourth-order valence-corrected chi connectivity index (χ4v) is 2.31. The summed E-state index contributed by atoms with van der Waals surface area (Å²) in [5.74, 6) is 2.01. The summed E-state index contributed by atoms with van der Waals surface area (Å²) in [6.07, 6.45) is 0. The predicted octanol–water partition coefficient (Wildman–Crippen LogP) is -0.762. The van der Waals surface area contributed by atoms with Gasteiger partial charge in [0.2, 0.25) is 0 Å². The maximum atomic E-state index is 11.4. The number of hydrogen-bond acceptors (Lipinski definition) is 5. The number of hydrogen-bond donors (Lipinski definition) is 2. The summed E-state index contributed by atoms with van der Waals surface area (Å²) in [7, 11) is 0. The minimum absolute atomic E-state index is 0.0244. The maximum absolute atomic E-state index is 11.4. The molecule has 4 N–H and O–H groups in total. The van der Waals surface area contributed by atoms with E-state index in [0.29, 0.717) is 0 Å². The highest BCUT2D eigenvalue weighted by Gasteiger charge is 2.34. The number of carbonyl (C=O) groups is 1. The molecule has 1 aliphatic rings. The van der Waals surface area contributed by atoms with Crippen LogP contribution in [-0.2, 0) is 4.79 Å². The summed E-state index contributed by atoms with van der Waals surface area (Å²) in [4.78, 5) is 13.4. The Morgan fingerprint density at radius 1 is 1.54 bits per heavy atom. The molecule has 13 heavy (non-hydrogen) atoms. The molecule has 1 fully saturated rings. The van der Waals surface area contributed by atoms with Gasteiger partial charge in [0.15, 0.2) is 5.78 Å². The zero-order chi connectivity index (χ0) is 9.90. The molecule has 0 aromatic heterocycles. The molecule has 0 spiro atoms. The van der Waals surface area contributed by atoms with Crippen molar-refractivity contribution in [2.75, 3.05) is 31.1 Å². The molecular weight excluding hydrogens is 186 g/mol. The van der Waals surface area contributed by atoms with Gasteiger partial charge in [0.1, 0.15) is 5.66 Å². The van der Waals surface area contributed by atoms with E-state index in [0.717, 1.165) is 24.6 Å². The Morgan fingerprint density at radius 2 is 2.08 bits per heavy atom. The molecule has 0 radical (unpaired) electrons. The highest BCUT2D eigenvalue weighted by molar-refractivity contribution is 7.99. The van der Waals surface area contributed by atoms with Crippen LogP contribution in [0.3, 0.4) is 0 Å². The van der Waals surface area contributed by atoms with Crippen molar-refractivity contribution in [1.29, 1.82) is 0 Å². The summed E-state index contributed by atoms with van der Waals surface area (Å²) in [5.41, 5.74) is 10.4. The van der Waals surface area contributed by atoms with E-state index in [1.54, 1.807) is 6.92 Å². The van der Waals surface area contributed by atoms with Gasteiger partial charge in [-0.05, 0) is 6.92 Å². The number of nitrogens with two attached hydrogens (primary N) is 2. The molecule has 1 atom stereocenters. The molecule has 0 bridgehead atoms. The molecular formula is C8H17N3OS. The summed E-state index contributed by atoms with van der Waals surface area (Å²) < 4.78 is 0. The van der Waals surface area contributed by atoms with E-state index in [1.807, 2.05) is 16.7 Å². The van der Waals surface area contributed by atoms with Gasteiger partial charge in [-0.25, -0.2) is 0 Å². The van der Waals surface area contributed by atoms with Crippen LogP contribution < -0.4 is 11.5 Å². The number of carbonyl (C=O) groups excluding carboxylic acids is 1. The smallest absolute Gasteiger partial charge is 0.180 e. The first kappa shape index (κ1) is 11.0. The van der Waals surface area contributed by atoms with Gasteiger partial charge in [0.25, 0.3) is 0 Å². The minimum Gasteiger partial charge on any atom is -0.324 e. The van der Waals surface area contributed by atoms with E-state index < -0.39 is 5.66 Å². The van der Waals surface area contributed by atoms with Crippen LogP contribution in [-0.4, -0.2) is 47.5 Å². The van der Waals surface area contributed by atoms with Gasteiger partial charge in [-0.3, -0.25) is 9.69 Å². The Morgan fingerprint density at radius 3 is 2.54 bits per heavy atom. The third-order valence-electron chi connectivity index (χ3n) is 2.42. The predicted molar refractivity (Wildman–Crippen MR) is 55.6 cm³/mol. The van der Waals surface area contributed by atoms with Crippen LogP contribution in [0.25, 0.3) is 0 Å².